The number of aliphatic hydroxyl groups is 1. The number of aromatic nitrogens is 1. The molecular weight excluding hydrogens is 300 g/mol. The number of likely N-dealkylation sites (tertiary alicyclic amines) is 1. The molecule has 0 amide bonds. The lowest BCUT2D eigenvalue weighted by atomic mass is 10.1. The lowest BCUT2D eigenvalue weighted by Gasteiger charge is -2.31. The maximum atomic E-state index is 8.77. The molecule has 1 aliphatic rings. The van der Waals surface area contributed by atoms with Gasteiger partial charge in [-0.3, -0.25) is 4.90 Å². The van der Waals surface area contributed by atoms with E-state index >= 15 is 0 Å². The molecule has 120 valence electrons. The Hall–Kier alpha value is -1.21. The molecule has 2 aromatic rings. The Morgan fingerprint density at radius 3 is 3.00 bits per heavy atom. The summed E-state index contributed by atoms with van der Waals surface area (Å²) in [7, 11) is 0. The van der Waals surface area contributed by atoms with E-state index < -0.39 is 0 Å². The first-order chi connectivity index (χ1) is 10.8. The van der Waals surface area contributed by atoms with Crippen LogP contribution in [0.2, 0.25) is 0 Å². The van der Waals surface area contributed by atoms with E-state index in [9.17, 15) is 0 Å². The number of oxazole rings is 1. The van der Waals surface area contributed by atoms with Crippen molar-refractivity contribution in [3.8, 4) is 10.8 Å². The zero-order valence-electron chi connectivity index (χ0n) is 12.6. The summed E-state index contributed by atoms with van der Waals surface area (Å²) in [5.41, 5.74) is 0.989. The second-order valence-corrected chi connectivity index (χ2v) is 6.49. The molecule has 22 heavy (non-hydrogen) atoms. The number of hydrogen-bond donors (Lipinski definition) is 1. The molecule has 2 aromatic heterocycles. The van der Waals surface area contributed by atoms with E-state index in [1.165, 1.54) is 0 Å². The van der Waals surface area contributed by atoms with Gasteiger partial charge in [0.25, 0.3) is 0 Å². The Bertz CT molecular complexity index is 548. The van der Waals surface area contributed by atoms with Crippen LogP contribution in [0, 0.1) is 0 Å². The normalized spacial score (nSPS) is 17.1. The number of rotatable bonds is 7. The fourth-order valence-electron chi connectivity index (χ4n) is 2.67. The number of aliphatic hydroxyl groups excluding tert-OH is 1. The molecule has 0 radical (unpaired) electrons. The molecule has 0 aromatic carbocycles. The lowest BCUT2D eigenvalue weighted by Crippen LogP contribution is -2.36. The van der Waals surface area contributed by atoms with Crippen molar-refractivity contribution in [3.05, 3.63) is 29.5 Å². The second-order valence-electron chi connectivity index (χ2n) is 5.54. The van der Waals surface area contributed by atoms with E-state index in [-0.39, 0.29) is 6.61 Å². The van der Waals surface area contributed by atoms with E-state index in [1.54, 1.807) is 17.6 Å². The van der Waals surface area contributed by atoms with Crippen LogP contribution in [0.5, 0.6) is 0 Å². The first-order valence-electron chi connectivity index (χ1n) is 7.78. The third-order valence-electron chi connectivity index (χ3n) is 3.86. The van der Waals surface area contributed by atoms with E-state index in [1.807, 2.05) is 17.5 Å². The minimum absolute atomic E-state index is 0.206. The minimum Gasteiger partial charge on any atom is -0.444 e. The molecule has 0 saturated carbocycles. The Kier molecular flexibility index (Phi) is 5.61. The third kappa shape index (κ3) is 4.16. The van der Waals surface area contributed by atoms with E-state index in [0.717, 1.165) is 49.5 Å². The summed E-state index contributed by atoms with van der Waals surface area (Å²) < 4.78 is 11.3. The van der Waals surface area contributed by atoms with Crippen LogP contribution >= 0.6 is 11.3 Å². The van der Waals surface area contributed by atoms with Crippen molar-refractivity contribution in [3.63, 3.8) is 0 Å². The Balaban J connectivity index is 1.45. The van der Waals surface area contributed by atoms with Crippen molar-refractivity contribution >= 4 is 11.3 Å². The number of ether oxygens (including phenoxy) is 1. The van der Waals surface area contributed by atoms with Crippen molar-refractivity contribution in [1.82, 2.24) is 9.88 Å². The van der Waals surface area contributed by atoms with Gasteiger partial charge in [-0.2, -0.15) is 0 Å². The number of nitrogens with zero attached hydrogens (tertiary/aromatic N) is 2. The van der Waals surface area contributed by atoms with Crippen LogP contribution in [0.4, 0.5) is 0 Å². The summed E-state index contributed by atoms with van der Waals surface area (Å²) in [4.78, 5) is 8.03. The van der Waals surface area contributed by atoms with Crippen LogP contribution in [-0.2, 0) is 11.3 Å². The van der Waals surface area contributed by atoms with E-state index in [0.29, 0.717) is 18.6 Å². The van der Waals surface area contributed by atoms with Crippen molar-refractivity contribution in [2.24, 2.45) is 0 Å². The molecule has 1 N–H and O–H groups in total. The number of thiophene rings is 1. The summed E-state index contributed by atoms with van der Waals surface area (Å²) in [6.45, 7) is 3.74. The van der Waals surface area contributed by atoms with E-state index in [2.05, 4.69) is 9.88 Å². The summed E-state index contributed by atoms with van der Waals surface area (Å²) in [6, 6.07) is 4.03. The van der Waals surface area contributed by atoms with Gasteiger partial charge in [0, 0.05) is 32.8 Å². The first kappa shape index (κ1) is 15.7. The molecule has 0 aliphatic carbocycles. The molecule has 3 heterocycles. The summed E-state index contributed by atoms with van der Waals surface area (Å²) >= 11 is 1.64. The highest BCUT2D eigenvalue weighted by Gasteiger charge is 2.20. The van der Waals surface area contributed by atoms with Crippen LogP contribution < -0.4 is 0 Å². The van der Waals surface area contributed by atoms with Gasteiger partial charge in [0.2, 0.25) is 5.89 Å². The average Bonchev–Trinajstić information content (AvgIpc) is 3.20. The largest absolute Gasteiger partial charge is 0.444 e. The Labute approximate surface area is 134 Å². The molecule has 3 rings (SSSR count). The zero-order chi connectivity index (χ0) is 15.2. The quantitative estimate of drug-likeness (QED) is 0.794. The molecule has 1 aliphatic heterocycles. The van der Waals surface area contributed by atoms with Gasteiger partial charge in [0.1, 0.15) is 6.26 Å². The monoisotopic (exact) mass is 322 g/mol. The maximum absolute atomic E-state index is 8.77. The van der Waals surface area contributed by atoms with Crippen LogP contribution in [0.15, 0.2) is 28.2 Å². The molecule has 1 saturated heterocycles. The molecule has 1 fully saturated rings. The fourth-order valence-corrected chi connectivity index (χ4v) is 3.33. The zero-order valence-corrected chi connectivity index (χ0v) is 13.4. The topological polar surface area (TPSA) is 58.7 Å². The average molecular weight is 322 g/mol. The lowest BCUT2D eigenvalue weighted by molar-refractivity contribution is 0.000576. The molecule has 5 nitrogen and oxygen atoms in total. The maximum Gasteiger partial charge on any atom is 0.236 e. The fraction of sp³-hybridized carbons (Fsp3) is 0.562. The van der Waals surface area contributed by atoms with Crippen LogP contribution in [0.1, 0.15) is 25.0 Å². The predicted octanol–water partition coefficient (Wildman–Crippen LogP) is 2.77. The smallest absolute Gasteiger partial charge is 0.236 e. The number of hydrogen-bond acceptors (Lipinski definition) is 6. The molecule has 0 bridgehead atoms. The predicted molar refractivity (Wildman–Crippen MR) is 85.8 cm³/mol. The van der Waals surface area contributed by atoms with E-state index in [4.69, 9.17) is 14.3 Å². The number of piperidine rings is 1. The summed E-state index contributed by atoms with van der Waals surface area (Å²) in [6.07, 6.45) is 4.91. The third-order valence-corrected chi connectivity index (χ3v) is 4.72. The van der Waals surface area contributed by atoms with Crippen molar-refractivity contribution < 1.29 is 14.3 Å². The molecule has 0 atom stereocenters. The van der Waals surface area contributed by atoms with Gasteiger partial charge in [0.15, 0.2) is 0 Å². The van der Waals surface area contributed by atoms with Crippen molar-refractivity contribution in [2.75, 3.05) is 26.3 Å². The Morgan fingerprint density at radius 1 is 1.41 bits per heavy atom. The first-order valence-corrected chi connectivity index (χ1v) is 8.66. The van der Waals surface area contributed by atoms with Gasteiger partial charge in [-0.05, 0) is 30.7 Å². The Morgan fingerprint density at radius 2 is 2.27 bits per heavy atom. The highest BCUT2D eigenvalue weighted by molar-refractivity contribution is 7.13. The van der Waals surface area contributed by atoms with Crippen LogP contribution in [-0.4, -0.2) is 47.4 Å². The SMILES string of the molecule is OCCCOC1CCN(Cc2coc(-c3cccs3)n2)CC1. The van der Waals surface area contributed by atoms with Gasteiger partial charge in [-0.25, -0.2) is 4.98 Å². The minimum atomic E-state index is 0.206. The van der Waals surface area contributed by atoms with Gasteiger partial charge >= 0.3 is 0 Å². The molecule has 0 unspecified atom stereocenters. The van der Waals surface area contributed by atoms with Crippen LogP contribution in [0.3, 0.4) is 0 Å². The highest BCUT2D eigenvalue weighted by Crippen LogP contribution is 2.24. The molecule has 6 heteroatoms. The standard InChI is InChI=1S/C16H22N2O3S/c19-8-2-9-20-14-4-6-18(7-5-14)11-13-12-21-16(17-13)15-3-1-10-22-15/h1,3,10,12,14,19H,2,4-9,11H2. The van der Waals surface area contributed by atoms with Gasteiger partial charge < -0.3 is 14.3 Å². The van der Waals surface area contributed by atoms with Crippen molar-refractivity contribution in [2.45, 2.75) is 31.9 Å². The summed E-state index contributed by atoms with van der Waals surface area (Å²) in [5, 5.41) is 10.8. The van der Waals surface area contributed by atoms with Gasteiger partial charge in [-0.1, -0.05) is 6.07 Å². The van der Waals surface area contributed by atoms with Gasteiger partial charge in [0.05, 0.1) is 16.7 Å². The second kappa shape index (κ2) is 7.87. The van der Waals surface area contributed by atoms with Gasteiger partial charge in [-0.15, -0.1) is 11.3 Å². The highest BCUT2D eigenvalue weighted by atomic mass is 32.1. The summed E-state index contributed by atoms with van der Waals surface area (Å²) in [5.74, 6) is 0.715. The van der Waals surface area contributed by atoms with Crippen molar-refractivity contribution in [1.29, 1.82) is 0 Å². The molecule has 0 spiro atoms. The van der Waals surface area contributed by atoms with Crippen LogP contribution in [0.25, 0.3) is 10.8 Å². The molecular formula is C16H22N2O3S.